The highest BCUT2D eigenvalue weighted by molar-refractivity contribution is 7.21. The third-order valence-electron chi connectivity index (χ3n) is 6.54. The number of likely N-dealkylation sites (N-methyl/N-ethyl adjacent to an activating group) is 1. The molecule has 37 heavy (non-hydrogen) atoms. The van der Waals surface area contributed by atoms with E-state index in [4.69, 9.17) is 4.74 Å². The average molecular weight is 527 g/mol. The van der Waals surface area contributed by atoms with Gasteiger partial charge in [0, 0.05) is 24.2 Å². The minimum atomic E-state index is -1.12. The molecule has 1 aromatic carbocycles. The van der Waals surface area contributed by atoms with E-state index >= 15 is 0 Å². The Hall–Kier alpha value is -3.77. The van der Waals surface area contributed by atoms with E-state index in [1.165, 1.54) is 52.0 Å². The molecule has 3 heterocycles. The zero-order valence-electron chi connectivity index (χ0n) is 21.6. The number of aryl methyl sites for hydroxylation is 1. The molecule has 3 aromatic heterocycles. The van der Waals surface area contributed by atoms with Crippen molar-refractivity contribution in [3.05, 3.63) is 68.6 Å². The van der Waals surface area contributed by atoms with E-state index in [9.17, 15) is 19.5 Å². The highest BCUT2D eigenvalue weighted by Crippen LogP contribution is 2.32. The Morgan fingerprint density at radius 1 is 1.16 bits per heavy atom. The number of nitrogens with zero attached hydrogens (tertiary/aromatic N) is 6. The minimum Gasteiger partial charge on any atom is -0.496 e. The van der Waals surface area contributed by atoms with Gasteiger partial charge in [-0.05, 0) is 33.8 Å². The molecule has 1 N–H and O–H groups in total. The molecular formula is C25H30N6O5S. The van der Waals surface area contributed by atoms with Gasteiger partial charge in [-0.25, -0.2) is 9.36 Å². The van der Waals surface area contributed by atoms with Crippen molar-refractivity contribution in [1.82, 2.24) is 29.0 Å². The number of rotatable bonds is 8. The van der Waals surface area contributed by atoms with Crippen LogP contribution in [-0.2, 0) is 11.3 Å². The molecule has 1 amide bonds. The SMILES string of the molecule is COc1ccccc1[C@@H](O)Cn1c(=O)n([C@@H](C)C(=O)N(C)C(C)C)c(=O)c2c(C)c(-n3nccn3)sc21. The van der Waals surface area contributed by atoms with Crippen molar-refractivity contribution in [2.75, 3.05) is 14.2 Å². The minimum absolute atomic E-state index is 0.121. The Labute approximate surface area is 217 Å². The molecular weight excluding hydrogens is 496 g/mol. The van der Waals surface area contributed by atoms with Crippen LogP contribution in [0.4, 0.5) is 0 Å². The molecule has 0 aliphatic carbocycles. The number of hydrogen-bond acceptors (Lipinski definition) is 8. The quantitative estimate of drug-likeness (QED) is 0.373. The molecule has 2 atom stereocenters. The maximum absolute atomic E-state index is 13.9. The summed E-state index contributed by atoms with van der Waals surface area (Å²) in [4.78, 5) is 44.0. The Morgan fingerprint density at radius 2 is 1.81 bits per heavy atom. The van der Waals surface area contributed by atoms with Gasteiger partial charge in [0.25, 0.3) is 5.56 Å². The summed E-state index contributed by atoms with van der Waals surface area (Å²) in [7, 11) is 3.13. The molecule has 0 fully saturated rings. The summed E-state index contributed by atoms with van der Waals surface area (Å²) in [5.74, 6) is 0.103. The van der Waals surface area contributed by atoms with Crippen molar-refractivity contribution < 1.29 is 14.6 Å². The molecule has 0 aliphatic heterocycles. The molecule has 11 nitrogen and oxygen atoms in total. The van der Waals surface area contributed by atoms with E-state index < -0.39 is 23.4 Å². The summed E-state index contributed by atoms with van der Waals surface area (Å²) in [6.07, 6.45) is 1.91. The number of para-hydroxylation sites is 1. The number of benzene rings is 1. The zero-order valence-corrected chi connectivity index (χ0v) is 22.4. The van der Waals surface area contributed by atoms with Gasteiger partial charge in [0.15, 0.2) is 0 Å². The zero-order chi connectivity index (χ0) is 27.0. The van der Waals surface area contributed by atoms with E-state index in [0.717, 1.165) is 4.57 Å². The van der Waals surface area contributed by atoms with Crippen molar-refractivity contribution in [2.24, 2.45) is 0 Å². The lowest BCUT2D eigenvalue weighted by molar-refractivity contribution is -0.134. The molecule has 4 rings (SSSR count). The van der Waals surface area contributed by atoms with Gasteiger partial charge in [0.2, 0.25) is 5.91 Å². The molecule has 0 saturated carbocycles. The third kappa shape index (κ3) is 4.58. The average Bonchev–Trinajstić information content (AvgIpc) is 3.53. The van der Waals surface area contributed by atoms with Crippen LogP contribution in [0, 0.1) is 6.92 Å². The van der Waals surface area contributed by atoms with Crippen LogP contribution in [0.3, 0.4) is 0 Å². The molecule has 4 aromatic rings. The fourth-order valence-electron chi connectivity index (χ4n) is 4.24. The van der Waals surface area contributed by atoms with Crippen molar-refractivity contribution in [1.29, 1.82) is 0 Å². The van der Waals surface area contributed by atoms with Gasteiger partial charge < -0.3 is 14.7 Å². The number of amides is 1. The number of methoxy groups -OCH3 is 1. The number of aliphatic hydroxyl groups is 1. The lowest BCUT2D eigenvalue weighted by Crippen LogP contribution is -2.47. The van der Waals surface area contributed by atoms with Crippen LogP contribution in [0.2, 0.25) is 0 Å². The molecule has 196 valence electrons. The topological polar surface area (TPSA) is 124 Å². The predicted molar refractivity (Wildman–Crippen MR) is 141 cm³/mol. The van der Waals surface area contributed by atoms with E-state index in [1.54, 1.807) is 38.2 Å². The fraction of sp³-hybridized carbons (Fsp3) is 0.400. The Morgan fingerprint density at radius 3 is 2.43 bits per heavy atom. The first-order valence-corrected chi connectivity index (χ1v) is 12.6. The van der Waals surface area contributed by atoms with Crippen LogP contribution in [0.15, 0.2) is 46.2 Å². The number of carbonyl (C=O) groups is 1. The van der Waals surface area contributed by atoms with Crippen LogP contribution >= 0.6 is 11.3 Å². The first-order valence-electron chi connectivity index (χ1n) is 11.8. The highest BCUT2D eigenvalue weighted by Gasteiger charge is 2.29. The molecule has 0 spiro atoms. The summed E-state index contributed by atoms with van der Waals surface area (Å²) < 4.78 is 7.70. The number of carbonyl (C=O) groups excluding carboxylic acids is 1. The third-order valence-corrected chi connectivity index (χ3v) is 7.82. The molecule has 12 heteroatoms. The molecule has 0 bridgehead atoms. The Balaban J connectivity index is 1.97. The number of aliphatic hydroxyl groups excluding tert-OH is 1. The number of thiophene rings is 1. The van der Waals surface area contributed by atoms with Gasteiger partial charge in [-0.15, -0.1) is 4.80 Å². The maximum atomic E-state index is 13.9. The second-order valence-electron chi connectivity index (χ2n) is 9.08. The van der Waals surface area contributed by atoms with Crippen LogP contribution in [0.1, 0.15) is 44.0 Å². The van der Waals surface area contributed by atoms with E-state index in [2.05, 4.69) is 10.2 Å². The van der Waals surface area contributed by atoms with E-state index in [1.807, 2.05) is 13.8 Å². The summed E-state index contributed by atoms with van der Waals surface area (Å²) in [5.41, 5.74) is -0.195. The van der Waals surface area contributed by atoms with Crippen molar-refractivity contribution in [2.45, 2.75) is 52.4 Å². The van der Waals surface area contributed by atoms with Gasteiger partial charge in [0.1, 0.15) is 27.7 Å². The molecule has 0 aliphatic rings. The van der Waals surface area contributed by atoms with E-state index in [0.29, 0.717) is 26.7 Å². The maximum Gasteiger partial charge on any atom is 0.332 e. The standard InChI is InChI=1S/C25H30N6O5S/c1-14(2)28(5)21(33)16(4)30-22(34)20-15(3)23(31-26-11-12-27-31)37-24(20)29(25(30)35)13-18(32)17-9-7-8-10-19(17)36-6/h7-12,14,16,18,32H,13H2,1-6H3/t16-,18-/m0/s1. The van der Waals surface area contributed by atoms with Crippen LogP contribution in [0.5, 0.6) is 5.75 Å². The van der Waals surface area contributed by atoms with Crippen LogP contribution in [0.25, 0.3) is 15.2 Å². The predicted octanol–water partition coefficient (Wildman–Crippen LogP) is 2.28. The first-order chi connectivity index (χ1) is 17.6. The second-order valence-corrected chi connectivity index (χ2v) is 10.1. The van der Waals surface area contributed by atoms with Gasteiger partial charge in [-0.1, -0.05) is 29.5 Å². The van der Waals surface area contributed by atoms with Gasteiger partial charge in [-0.2, -0.15) is 10.2 Å². The summed E-state index contributed by atoms with van der Waals surface area (Å²) in [5, 5.41) is 20.4. The normalized spacial score (nSPS) is 13.2. The Kier molecular flexibility index (Phi) is 7.32. The molecule has 0 radical (unpaired) electrons. The summed E-state index contributed by atoms with van der Waals surface area (Å²) in [6.45, 7) is 6.83. The second kappa shape index (κ2) is 10.3. The van der Waals surface area contributed by atoms with Gasteiger partial charge in [-0.3, -0.25) is 14.2 Å². The lowest BCUT2D eigenvalue weighted by atomic mass is 10.1. The van der Waals surface area contributed by atoms with Crippen molar-refractivity contribution in [3.8, 4) is 10.8 Å². The van der Waals surface area contributed by atoms with Crippen LogP contribution in [-0.4, -0.2) is 60.2 Å². The monoisotopic (exact) mass is 526 g/mol. The molecule has 0 unspecified atom stereocenters. The van der Waals surface area contributed by atoms with E-state index in [-0.39, 0.29) is 23.9 Å². The number of aromatic nitrogens is 5. The molecule has 0 saturated heterocycles. The van der Waals surface area contributed by atoms with Crippen molar-refractivity contribution >= 4 is 27.5 Å². The first kappa shape index (κ1) is 26.3. The smallest absolute Gasteiger partial charge is 0.332 e. The number of fused-ring (bicyclic) bond motifs is 1. The van der Waals surface area contributed by atoms with Gasteiger partial charge in [0.05, 0.1) is 31.4 Å². The number of ether oxygens (including phenoxy) is 1. The fourth-order valence-corrected chi connectivity index (χ4v) is 5.46. The summed E-state index contributed by atoms with van der Waals surface area (Å²) in [6, 6.07) is 5.80. The lowest BCUT2D eigenvalue weighted by Gasteiger charge is -2.26. The Bertz CT molecular complexity index is 1550. The van der Waals surface area contributed by atoms with Gasteiger partial charge >= 0.3 is 5.69 Å². The summed E-state index contributed by atoms with van der Waals surface area (Å²) >= 11 is 1.17. The van der Waals surface area contributed by atoms with Crippen LogP contribution < -0.4 is 16.0 Å². The number of hydrogen-bond donors (Lipinski definition) is 1. The highest BCUT2D eigenvalue weighted by atomic mass is 32.1. The van der Waals surface area contributed by atoms with Crippen molar-refractivity contribution in [3.63, 3.8) is 0 Å². The largest absolute Gasteiger partial charge is 0.496 e.